The van der Waals surface area contributed by atoms with Crippen LogP contribution in [0.5, 0.6) is 0 Å². The molecule has 170 valence electrons. The Bertz CT molecular complexity index is 908. The molecule has 0 saturated heterocycles. The minimum absolute atomic E-state index is 0.00131. The number of carboxylic acid groups (broad SMARTS) is 1. The first-order valence-electron chi connectivity index (χ1n) is 11.3. The van der Waals surface area contributed by atoms with Crippen LogP contribution >= 0.6 is 11.6 Å². The third-order valence-corrected chi connectivity index (χ3v) is 7.31. The molecular formula is C26H36ClNO3. The lowest BCUT2D eigenvalue weighted by Gasteiger charge is -2.43. The molecule has 1 aromatic rings. The zero-order chi connectivity index (χ0) is 23.2. The maximum absolute atomic E-state index is 13.2. The zero-order valence-corrected chi connectivity index (χ0v) is 20.5. The van der Waals surface area contributed by atoms with Gasteiger partial charge in [0.2, 0.25) is 5.91 Å². The normalized spacial score (nSPS) is 23.2. The summed E-state index contributed by atoms with van der Waals surface area (Å²) in [7, 11) is 0. The third kappa shape index (κ3) is 5.00. The maximum Gasteiger partial charge on any atom is 0.305 e. The summed E-state index contributed by atoms with van der Waals surface area (Å²) in [6.07, 6.45) is 5.77. The van der Waals surface area contributed by atoms with E-state index in [2.05, 4.69) is 53.7 Å². The van der Waals surface area contributed by atoms with E-state index in [1.807, 2.05) is 12.3 Å². The van der Waals surface area contributed by atoms with Crippen LogP contribution in [0.15, 0.2) is 30.0 Å². The molecule has 1 N–H and O–H groups in total. The Balaban J connectivity index is 1.95. The van der Waals surface area contributed by atoms with E-state index in [1.54, 1.807) is 4.90 Å². The Labute approximate surface area is 191 Å². The molecule has 0 spiro atoms. The zero-order valence-electron chi connectivity index (χ0n) is 19.7. The van der Waals surface area contributed by atoms with E-state index in [4.69, 9.17) is 11.6 Å². The van der Waals surface area contributed by atoms with Crippen molar-refractivity contribution < 1.29 is 14.7 Å². The molecule has 1 amide bonds. The number of hydrogen-bond donors (Lipinski definition) is 1. The van der Waals surface area contributed by atoms with Gasteiger partial charge in [-0.25, -0.2) is 0 Å². The molecule has 2 aliphatic rings. The Morgan fingerprint density at radius 3 is 2.39 bits per heavy atom. The Kier molecular flexibility index (Phi) is 6.36. The Hall–Kier alpha value is -1.81. The van der Waals surface area contributed by atoms with Crippen molar-refractivity contribution in [3.05, 3.63) is 46.1 Å². The number of hydrogen-bond acceptors (Lipinski definition) is 2. The van der Waals surface area contributed by atoms with Crippen LogP contribution in [0.1, 0.15) is 84.8 Å². The third-order valence-electron chi connectivity index (χ3n) is 6.95. The number of rotatable bonds is 7. The van der Waals surface area contributed by atoms with E-state index in [0.29, 0.717) is 6.42 Å². The molecule has 0 unspecified atom stereocenters. The number of aliphatic carboxylic acids is 1. The average Bonchev–Trinajstić information content (AvgIpc) is 3.38. The number of allylic oxidation sites excluding steroid dienone is 1. The van der Waals surface area contributed by atoms with Crippen LogP contribution < -0.4 is 0 Å². The first-order valence-corrected chi connectivity index (χ1v) is 11.7. The van der Waals surface area contributed by atoms with Gasteiger partial charge in [-0.05, 0) is 59.8 Å². The van der Waals surface area contributed by atoms with Crippen LogP contribution in [-0.2, 0) is 21.4 Å². The number of benzene rings is 1. The van der Waals surface area contributed by atoms with Crippen LogP contribution in [0.4, 0.5) is 0 Å². The summed E-state index contributed by atoms with van der Waals surface area (Å²) in [4.78, 5) is 26.4. The van der Waals surface area contributed by atoms with Gasteiger partial charge in [0, 0.05) is 23.1 Å². The molecule has 0 radical (unpaired) electrons. The molecule has 0 bridgehead atoms. The molecule has 3 rings (SSSR count). The quantitative estimate of drug-likeness (QED) is 0.531. The fourth-order valence-corrected chi connectivity index (χ4v) is 5.11. The van der Waals surface area contributed by atoms with E-state index >= 15 is 0 Å². The summed E-state index contributed by atoms with van der Waals surface area (Å²) in [6, 6.07) is 6.26. The van der Waals surface area contributed by atoms with Gasteiger partial charge >= 0.3 is 5.97 Å². The fraction of sp³-hybridized carbons (Fsp3) is 0.615. The highest BCUT2D eigenvalue weighted by Crippen LogP contribution is 2.51. The van der Waals surface area contributed by atoms with Crippen molar-refractivity contribution in [3.63, 3.8) is 0 Å². The van der Waals surface area contributed by atoms with Gasteiger partial charge in [0.25, 0.3) is 0 Å². The van der Waals surface area contributed by atoms with E-state index in [-0.39, 0.29) is 23.7 Å². The lowest BCUT2D eigenvalue weighted by molar-refractivity contribution is -0.141. The summed E-state index contributed by atoms with van der Waals surface area (Å²) >= 11 is 6.69. The number of amides is 1. The number of carboxylic acids is 1. The fourth-order valence-electron chi connectivity index (χ4n) is 4.83. The molecule has 1 aliphatic heterocycles. The molecule has 1 aromatic carbocycles. The van der Waals surface area contributed by atoms with E-state index in [0.717, 1.165) is 47.4 Å². The smallest absolute Gasteiger partial charge is 0.305 e. The number of aryl methyl sites for hydroxylation is 1. The van der Waals surface area contributed by atoms with Gasteiger partial charge < -0.3 is 10.0 Å². The second-order valence-corrected chi connectivity index (χ2v) is 11.6. The minimum Gasteiger partial charge on any atom is -0.481 e. The standard InChI is InChI=1S/C26H36ClNO3/c1-17(2)20-16-28(26(11-12-26)15-23(30)31)22(29)14-25(20,6)19-8-7-18(21(27)13-19)9-10-24(3,4)5/h7-8,13,16-17H,9-12,14-15H2,1-6H3,(H,30,31)/t25-/m0/s1. The van der Waals surface area contributed by atoms with Crippen molar-refractivity contribution in [2.75, 3.05) is 0 Å². The highest BCUT2D eigenvalue weighted by atomic mass is 35.5. The van der Waals surface area contributed by atoms with Crippen molar-refractivity contribution in [3.8, 4) is 0 Å². The topological polar surface area (TPSA) is 57.6 Å². The Morgan fingerprint density at radius 2 is 1.90 bits per heavy atom. The van der Waals surface area contributed by atoms with Crippen LogP contribution in [0, 0.1) is 11.3 Å². The van der Waals surface area contributed by atoms with Crippen molar-refractivity contribution in [1.29, 1.82) is 0 Å². The maximum atomic E-state index is 13.2. The van der Waals surface area contributed by atoms with E-state index < -0.39 is 16.9 Å². The van der Waals surface area contributed by atoms with E-state index in [1.165, 1.54) is 0 Å². The van der Waals surface area contributed by atoms with Gasteiger partial charge in [0.1, 0.15) is 0 Å². The van der Waals surface area contributed by atoms with E-state index in [9.17, 15) is 14.7 Å². The highest BCUT2D eigenvalue weighted by molar-refractivity contribution is 6.31. The minimum atomic E-state index is -0.851. The molecular weight excluding hydrogens is 410 g/mol. The first kappa shape index (κ1) is 23.8. The predicted molar refractivity (Wildman–Crippen MR) is 125 cm³/mol. The molecule has 1 saturated carbocycles. The second-order valence-electron chi connectivity index (χ2n) is 11.2. The van der Waals surface area contributed by atoms with Crippen molar-refractivity contribution in [1.82, 2.24) is 4.90 Å². The van der Waals surface area contributed by atoms with Gasteiger partial charge in [-0.2, -0.15) is 0 Å². The summed E-state index contributed by atoms with van der Waals surface area (Å²) < 4.78 is 0. The van der Waals surface area contributed by atoms with Gasteiger partial charge in [-0.1, -0.05) is 65.3 Å². The SMILES string of the molecule is CC(C)C1=CN(C2(CC(=O)O)CC2)C(=O)C[C@@]1(C)c1ccc(CCC(C)(C)C)c(Cl)c1. The molecule has 1 atom stereocenters. The van der Waals surface area contributed by atoms with Gasteiger partial charge in [0.15, 0.2) is 0 Å². The average molecular weight is 446 g/mol. The monoisotopic (exact) mass is 445 g/mol. The van der Waals surface area contributed by atoms with Crippen LogP contribution in [0.25, 0.3) is 0 Å². The number of nitrogens with zero attached hydrogens (tertiary/aromatic N) is 1. The molecule has 1 fully saturated rings. The lowest BCUT2D eigenvalue weighted by atomic mass is 9.68. The van der Waals surface area contributed by atoms with Gasteiger partial charge in [-0.15, -0.1) is 0 Å². The van der Waals surface area contributed by atoms with Crippen LogP contribution in [-0.4, -0.2) is 27.4 Å². The molecule has 0 aromatic heterocycles. The number of carbonyl (C=O) groups excluding carboxylic acids is 1. The van der Waals surface area contributed by atoms with Crippen LogP contribution in [0.3, 0.4) is 0 Å². The second kappa shape index (κ2) is 8.27. The van der Waals surface area contributed by atoms with Crippen molar-refractivity contribution in [2.24, 2.45) is 11.3 Å². The van der Waals surface area contributed by atoms with Gasteiger partial charge in [0.05, 0.1) is 12.0 Å². The highest BCUT2D eigenvalue weighted by Gasteiger charge is 2.54. The molecule has 1 aliphatic carbocycles. The first-order chi connectivity index (χ1) is 14.3. The summed E-state index contributed by atoms with van der Waals surface area (Å²) in [5.74, 6) is -0.630. The summed E-state index contributed by atoms with van der Waals surface area (Å²) in [6.45, 7) is 13.1. The predicted octanol–water partition coefficient (Wildman–Crippen LogP) is 6.36. The largest absolute Gasteiger partial charge is 0.481 e. The summed E-state index contributed by atoms with van der Waals surface area (Å²) in [5, 5.41) is 10.1. The lowest BCUT2D eigenvalue weighted by Crippen LogP contribution is -2.48. The Morgan fingerprint density at radius 1 is 1.26 bits per heavy atom. The van der Waals surface area contributed by atoms with Crippen LogP contribution in [0.2, 0.25) is 5.02 Å². The number of carbonyl (C=O) groups is 2. The molecule has 1 heterocycles. The summed E-state index contributed by atoms with van der Waals surface area (Å²) in [5.41, 5.74) is 2.60. The number of halogens is 1. The van der Waals surface area contributed by atoms with Crippen molar-refractivity contribution >= 4 is 23.5 Å². The molecule has 5 heteroatoms. The van der Waals surface area contributed by atoms with Gasteiger partial charge in [-0.3, -0.25) is 9.59 Å². The molecule has 4 nitrogen and oxygen atoms in total. The van der Waals surface area contributed by atoms with Crippen molar-refractivity contribution in [2.45, 2.75) is 91.0 Å². The molecule has 31 heavy (non-hydrogen) atoms.